The van der Waals surface area contributed by atoms with Crippen molar-refractivity contribution in [3.05, 3.63) is 22.4 Å². The van der Waals surface area contributed by atoms with E-state index in [1.807, 2.05) is 0 Å². The Labute approximate surface area is 95.7 Å². The molecule has 1 N–H and O–H groups in total. The van der Waals surface area contributed by atoms with Crippen molar-refractivity contribution < 1.29 is 4.79 Å². The van der Waals surface area contributed by atoms with E-state index in [1.165, 1.54) is 5.56 Å². The minimum Gasteiger partial charge on any atom is -0.314 e. The van der Waals surface area contributed by atoms with Crippen molar-refractivity contribution in [2.45, 2.75) is 39.2 Å². The first-order valence-corrected chi connectivity index (χ1v) is 6.42. The zero-order valence-electron chi connectivity index (χ0n) is 9.45. The van der Waals surface area contributed by atoms with Gasteiger partial charge in [0.1, 0.15) is 5.78 Å². The maximum atomic E-state index is 11.6. The fourth-order valence-electron chi connectivity index (χ4n) is 1.58. The minimum atomic E-state index is 0.310. The number of thiophene rings is 1. The standard InChI is InChI=1S/C12H19NOS/c1-3-13-10(2)8-12(14)5-4-11-6-7-15-9-11/h6-7,9-10,13H,3-5,8H2,1-2H3. The summed E-state index contributed by atoms with van der Waals surface area (Å²) in [5.41, 5.74) is 1.28. The lowest BCUT2D eigenvalue weighted by Crippen LogP contribution is -2.28. The molecule has 3 heteroatoms. The summed E-state index contributed by atoms with van der Waals surface area (Å²) in [6.07, 6.45) is 2.21. The molecule has 2 nitrogen and oxygen atoms in total. The van der Waals surface area contributed by atoms with Crippen LogP contribution in [0.1, 0.15) is 32.3 Å². The van der Waals surface area contributed by atoms with Gasteiger partial charge in [0.25, 0.3) is 0 Å². The Bertz CT molecular complexity index is 282. The third-order valence-electron chi connectivity index (χ3n) is 2.36. The summed E-state index contributed by atoms with van der Waals surface area (Å²) in [6.45, 7) is 5.05. The Morgan fingerprint density at radius 3 is 3.00 bits per heavy atom. The van der Waals surface area contributed by atoms with Crippen LogP contribution < -0.4 is 5.32 Å². The molecule has 0 bridgehead atoms. The third kappa shape index (κ3) is 5.09. The Hall–Kier alpha value is -0.670. The van der Waals surface area contributed by atoms with Gasteiger partial charge in [-0.15, -0.1) is 0 Å². The molecular formula is C12H19NOS. The van der Waals surface area contributed by atoms with Gasteiger partial charge in [0, 0.05) is 18.9 Å². The second kappa shape index (κ2) is 6.75. The molecule has 0 fully saturated rings. The van der Waals surface area contributed by atoms with Crippen LogP contribution in [0.25, 0.3) is 0 Å². The normalized spacial score (nSPS) is 12.7. The summed E-state index contributed by atoms with van der Waals surface area (Å²) in [4.78, 5) is 11.6. The molecule has 0 aromatic carbocycles. The number of hydrogen-bond donors (Lipinski definition) is 1. The van der Waals surface area contributed by atoms with Gasteiger partial charge in [-0.2, -0.15) is 11.3 Å². The first-order valence-electron chi connectivity index (χ1n) is 5.48. The van der Waals surface area contributed by atoms with E-state index in [0.29, 0.717) is 24.7 Å². The Kier molecular flexibility index (Phi) is 5.58. The first-order chi connectivity index (χ1) is 7.22. The van der Waals surface area contributed by atoms with Crippen LogP contribution in [0.3, 0.4) is 0 Å². The van der Waals surface area contributed by atoms with E-state index in [0.717, 1.165) is 13.0 Å². The van der Waals surface area contributed by atoms with Crippen LogP contribution in [-0.4, -0.2) is 18.4 Å². The fraction of sp³-hybridized carbons (Fsp3) is 0.583. The number of rotatable bonds is 7. The van der Waals surface area contributed by atoms with Crippen LogP contribution in [0.5, 0.6) is 0 Å². The monoisotopic (exact) mass is 225 g/mol. The number of aryl methyl sites for hydroxylation is 1. The lowest BCUT2D eigenvalue weighted by molar-refractivity contribution is -0.119. The highest BCUT2D eigenvalue weighted by Gasteiger charge is 2.07. The summed E-state index contributed by atoms with van der Waals surface area (Å²) in [5.74, 6) is 0.356. The van der Waals surface area contributed by atoms with Crippen LogP contribution >= 0.6 is 11.3 Å². The summed E-state index contributed by atoms with van der Waals surface area (Å²) >= 11 is 1.69. The smallest absolute Gasteiger partial charge is 0.134 e. The largest absolute Gasteiger partial charge is 0.314 e. The number of carbonyl (C=O) groups is 1. The number of ketones is 1. The third-order valence-corrected chi connectivity index (χ3v) is 3.09. The molecule has 0 saturated heterocycles. The number of Topliss-reactive ketones (excluding diaryl/α,β-unsaturated/α-hetero) is 1. The number of nitrogens with one attached hydrogen (secondary N) is 1. The van der Waals surface area contributed by atoms with Crippen molar-refractivity contribution in [3.8, 4) is 0 Å². The molecule has 1 unspecified atom stereocenters. The van der Waals surface area contributed by atoms with Crippen LogP contribution in [-0.2, 0) is 11.2 Å². The van der Waals surface area contributed by atoms with Crippen molar-refractivity contribution in [2.75, 3.05) is 6.54 Å². The summed E-state index contributed by atoms with van der Waals surface area (Å²) in [6, 6.07) is 2.40. The average Bonchev–Trinajstić information content (AvgIpc) is 2.67. The van der Waals surface area contributed by atoms with E-state index in [1.54, 1.807) is 11.3 Å². The molecule has 0 spiro atoms. The van der Waals surface area contributed by atoms with Gasteiger partial charge in [-0.05, 0) is 42.3 Å². The van der Waals surface area contributed by atoms with Gasteiger partial charge in [-0.25, -0.2) is 0 Å². The van der Waals surface area contributed by atoms with E-state index in [4.69, 9.17) is 0 Å². The number of carbonyl (C=O) groups excluding carboxylic acids is 1. The van der Waals surface area contributed by atoms with Crippen LogP contribution in [0.15, 0.2) is 16.8 Å². The Morgan fingerprint density at radius 1 is 1.60 bits per heavy atom. The van der Waals surface area contributed by atoms with Gasteiger partial charge in [-0.1, -0.05) is 6.92 Å². The van der Waals surface area contributed by atoms with Gasteiger partial charge in [-0.3, -0.25) is 4.79 Å². The predicted octanol–water partition coefficient (Wildman–Crippen LogP) is 2.64. The molecule has 15 heavy (non-hydrogen) atoms. The minimum absolute atomic E-state index is 0.310. The van der Waals surface area contributed by atoms with Crippen molar-refractivity contribution >= 4 is 17.1 Å². The molecule has 1 heterocycles. The fourth-order valence-corrected chi connectivity index (χ4v) is 2.29. The molecule has 0 aliphatic carbocycles. The van der Waals surface area contributed by atoms with Gasteiger partial charge in [0.2, 0.25) is 0 Å². The maximum Gasteiger partial charge on any atom is 0.134 e. The highest BCUT2D eigenvalue weighted by molar-refractivity contribution is 7.07. The van der Waals surface area contributed by atoms with E-state index >= 15 is 0 Å². The lowest BCUT2D eigenvalue weighted by Gasteiger charge is -2.10. The van der Waals surface area contributed by atoms with Gasteiger partial charge >= 0.3 is 0 Å². The van der Waals surface area contributed by atoms with Crippen LogP contribution in [0.4, 0.5) is 0 Å². The zero-order chi connectivity index (χ0) is 11.1. The topological polar surface area (TPSA) is 29.1 Å². The molecule has 1 aromatic heterocycles. The maximum absolute atomic E-state index is 11.6. The van der Waals surface area contributed by atoms with Gasteiger partial charge in [0.15, 0.2) is 0 Å². The molecule has 84 valence electrons. The molecule has 1 rings (SSSR count). The average molecular weight is 225 g/mol. The lowest BCUT2D eigenvalue weighted by atomic mass is 10.1. The summed E-state index contributed by atoms with van der Waals surface area (Å²) in [7, 11) is 0. The predicted molar refractivity (Wildman–Crippen MR) is 65.4 cm³/mol. The first kappa shape index (κ1) is 12.4. The molecule has 0 saturated carbocycles. The van der Waals surface area contributed by atoms with Gasteiger partial charge < -0.3 is 5.32 Å². The van der Waals surface area contributed by atoms with Crippen LogP contribution in [0.2, 0.25) is 0 Å². The molecule has 0 aliphatic rings. The molecule has 0 amide bonds. The second-order valence-electron chi connectivity index (χ2n) is 3.83. The summed E-state index contributed by atoms with van der Waals surface area (Å²) in [5, 5.41) is 7.42. The highest BCUT2D eigenvalue weighted by atomic mass is 32.1. The van der Waals surface area contributed by atoms with Crippen LogP contribution in [0, 0.1) is 0 Å². The zero-order valence-corrected chi connectivity index (χ0v) is 10.3. The van der Waals surface area contributed by atoms with E-state index in [-0.39, 0.29) is 0 Å². The molecule has 1 atom stereocenters. The van der Waals surface area contributed by atoms with Crippen molar-refractivity contribution in [1.29, 1.82) is 0 Å². The molecule has 0 radical (unpaired) electrons. The van der Waals surface area contributed by atoms with Crippen molar-refractivity contribution in [3.63, 3.8) is 0 Å². The molecule has 1 aromatic rings. The van der Waals surface area contributed by atoms with E-state index < -0.39 is 0 Å². The highest BCUT2D eigenvalue weighted by Crippen LogP contribution is 2.09. The van der Waals surface area contributed by atoms with Gasteiger partial charge in [0.05, 0.1) is 0 Å². The van der Waals surface area contributed by atoms with Crippen molar-refractivity contribution in [1.82, 2.24) is 5.32 Å². The number of hydrogen-bond acceptors (Lipinski definition) is 3. The second-order valence-corrected chi connectivity index (χ2v) is 4.61. The SMILES string of the molecule is CCNC(C)CC(=O)CCc1ccsc1. The van der Waals surface area contributed by atoms with Crippen molar-refractivity contribution in [2.24, 2.45) is 0 Å². The van der Waals surface area contributed by atoms with E-state index in [9.17, 15) is 4.79 Å². The Morgan fingerprint density at radius 2 is 2.40 bits per heavy atom. The summed E-state index contributed by atoms with van der Waals surface area (Å²) < 4.78 is 0. The molecule has 0 aliphatic heterocycles. The van der Waals surface area contributed by atoms with E-state index in [2.05, 4.69) is 36.0 Å². The Balaban J connectivity index is 2.19. The molecular weight excluding hydrogens is 206 g/mol. The quantitative estimate of drug-likeness (QED) is 0.773.